The standard InChI is InChI=1S/C10H10N2O2S/c1-14-10(13)7-3-6-15-8(7)9-11-4-2-5-12-9/h2-4,6H,5H2,1H3,(H,11,12). The Bertz CT molecular complexity index is 434. The molecule has 0 saturated carbocycles. The Hall–Kier alpha value is -1.62. The van der Waals surface area contributed by atoms with E-state index in [0.29, 0.717) is 12.1 Å². The zero-order chi connectivity index (χ0) is 10.7. The smallest absolute Gasteiger partial charge is 0.339 e. The highest BCUT2D eigenvalue weighted by Gasteiger charge is 2.17. The molecular formula is C10H10N2O2S. The fourth-order valence-electron chi connectivity index (χ4n) is 1.28. The maximum absolute atomic E-state index is 11.4. The van der Waals surface area contributed by atoms with Gasteiger partial charge in [-0.15, -0.1) is 11.3 Å². The van der Waals surface area contributed by atoms with Crippen LogP contribution in [0.5, 0.6) is 0 Å². The van der Waals surface area contributed by atoms with Crippen molar-refractivity contribution in [1.82, 2.24) is 5.32 Å². The summed E-state index contributed by atoms with van der Waals surface area (Å²) in [5.74, 6) is 0.401. The molecule has 0 unspecified atom stereocenters. The van der Waals surface area contributed by atoms with E-state index in [4.69, 9.17) is 4.74 Å². The third-order valence-electron chi connectivity index (χ3n) is 1.98. The van der Waals surface area contributed by atoms with Crippen LogP contribution in [0.1, 0.15) is 15.2 Å². The number of methoxy groups -OCH3 is 1. The molecule has 0 saturated heterocycles. The average molecular weight is 222 g/mol. The maximum Gasteiger partial charge on any atom is 0.339 e. The minimum absolute atomic E-state index is 0.328. The van der Waals surface area contributed by atoms with E-state index in [1.807, 2.05) is 17.7 Å². The quantitative estimate of drug-likeness (QED) is 0.769. The van der Waals surface area contributed by atoms with Gasteiger partial charge in [0.2, 0.25) is 0 Å². The van der Waals surface area contributed by atoms with Crippen molar-refractivity contribution in [2.45, 2.75) is 0 Å². The van der Waals surface area contributed by atoms with Crippen LogP contribution in [0.15, 0.2) is 28.7 Å². The minimum atomic E-state index is -0.328. The second-order valence-electron chi connectivity index (χ2n) is 2.89. The largest absolute Gasteiger partial charge is 0.465 e. The van der Waals surface area contributed by atoms with Crippen molar-refractivity contribution in [3.05, 3.63) is 34.2 Å². The average Bonchev–Trinajstić information content (AvgIpc) is 2.78. The number of nitrogens with one attached hydrogen (secondary N) is 1. The van der Waals surface area contributed by atoms with Crippen LogP contribution < -0.4 is 5.32 Å². The summed E-state index contributed by atoms with van der Waals surface area (Å²) >= 11 is 1.47. The molecule has 0 atom stereocenters. The first-order valence-electron chi connectivity index (χ1n) is 4.45. The molecule has 4 nitrogen and oxygen atoms in total. The summed E-state index contributed by atoms with van der Waals surface area (Å²) in [5.41, 5.74) is 0.559. The van der Waals surface area contributed by atoms with Gasteiger partial charge in [-0.05, 0) is 17.5 Å². The van der Waals surface area contributed by atoms with Crippen LogP contribution in [0.2, 0.25) is 0 Å². The lowest BCUT2D eigenvalue weighted by atomic mass is 10.2. The Balaban J connectivity index is 2.32. The highest BCUT2D eigenvalue weighted by molar-refractivity contribution is 7.12. The molecule has 1 N–H and O–H groups in total. The Morgan fingerprint density at radius 2 is 2.53 bits per heavy atom. The van der Waals surface area contributed by atoms with Crippen molar-refractivity contribution in [2.24, 2.45) is 4.99 Å². The molecule has 15 heavy (non-hydrogen) atoms. The minimum Gasteiger partial charge on any atom is -0.465 e. The van der Waals surface area contributed by atoms with E-state index in [9.17, 15) is 4.79 Å². The number of aliphatic imine (C=N–C) groups is 1. The number of carbonyl (C=O) groups is 1. The van der Waals surface area contributed by atoms with E-state index in [1.165, 1.54) is 18.4 Å². The number of hydrogen-bond acceptors (Lipinski definition) is 5. The Morgan fingerprint density at radius 1 is 1.67 bits per heavy atom. The summed E-state index contributed by atoms with van der Waals surface area (Å²) in [6, 6.07) is 1.74. The fourth-order valence-corrected chi connectivity index (χ4v) is 2.13. The molecule has 5 heteroatoms. The number of nitrogens with zero attached hydrogens (tertiary/aromatic N) is 1. The van der Waals surface area contributed by atoms with E-state index in [-0.39, 0.29) is 5.97 Å². The molecule has 1 aliphatic heterocycles. The lowest BCUT2D eigenvalue weighted by molar-refractivity contribution is 0.0601. The second-order valence-corrected chi connectivity index (χ2v) is 3.81. The first-order chi connectivity index (χ1) is 7.33. The van der Waals surface area contributed by atoms with Crippen molar-refractivity contribution in [2.75, 3.05) is 13.7 Å². The summed E-state index contributed by atoms with van der Waals surface area (Å²) in [4.78, 5) is 16.5. The van der Waals surface area contributed by atoms with Gasteiger partial charge in [-0.1, -0.05) is 0 Å². The number of thiophene rings is 1. The SMILES string of the molecule is COC(=O)c1ccsc1C1=NCC=CN1. The van der Waals surface area contributed by atoms with Gasteiger partial charge in [0.15, 0.2) is 0 Å². The summed E-state index contributed by atoms with van der Waals surface area (Å²) in [6.07, 6.45) is 3.73. The number of ether oxygens (including phenoxy) is 1. The van der Waals surface area contributed by atoms with Crippen LogP contribution in [0.4, 0.5) is 0 Å². The van der Waals surface area contributed by atoms with Crippen molar-refractivity contribution in [3.63, 3.8) is 0 Å². The third kappa shape index (κ3) is 1.92. The molecule has 0 aromatic carbocycles. The summed E-state index contributed by atoms with van der Waals surface area (Å²) in [7, 11) is 1.37. The normalized spacial score (nSPS) is 14.3. The van der Waals surface area contributed by atoms with Gasteiger partial charge in [-0.3, -0.25) is 4.99 Å². The molecular weight excluding hydrogens is 212 g/mol. The molecule has 0 fully saturated rings. The molecule has 0 aliphatic carbocycles. The Kier molecular flexibility index (Phi) is 2.82. The van der Waals surface area contributed by atoms with E-state index >= 15 is 0 Å². The Morgan fingerprint density at radius 3 is 3.20 bits per heavy atom. The van der Waals surface area contributed by atoms with Crippen LogP contribution in [0.25, 0.3) is 0 Å². The second kappa shape index (κ2) is 4.27. The van der Waals surface area contributed by atoms with Gasteiger partial charge in [0.05, 0.1) is 24.1 Å². The monoisotopic (exact) mass is 222 g/mol. The number of hydrogen-bond donors (Lipinski definition) is 1. The highest BCUT2D eigenvalue weighted by Crippen LogP contribution is 2.18. The fraction of sp³-hybridized carbons (Fsp3) is 0.200. The van der Waals surface area contributed by atoms with E-state index in [0.717, 1.165) is 10.7 Å². The van der Waals surface area contributed by atoms with Crippen molar-refractivity contribution in [3.8, 4) is 0 Å². The molecule has 0 spiro atoms. The molecule has 0 radical (unpaired) electrons. The lowest BCUT2D eigenvalue weighted by Gasteiger charge is -2.09. The van der Waals surface area contributed by atoms with Gasteiger partial charge >= 0.3 is 5.97 Å². The summed E-state index contributed by atoms with van der Waals surface area (Å²) in [5, 5.41) is 4.86. The van der Waals surface area contributed by atoms with Crippen LogP contribution in [-0.2, 0) is 4.74 Å². The number of carbonyl (C=O) groups excluding carboxylic acids is 1. The predicted molar refractivity (Wildman–Crippen MR) is 59.3 cm³/mol. The molecule has 0 bridgehead atoms. The van der Waals surface area contributed by atoms with E-state index < -0.39 is 0 Å². The molecule has 1 aromatic heterocycles. The van der Waals surface area contributed by atoms with E-state index in [2.05, 4.69) is 10.3 Å². The van der Waals surface area contributed by atoms with Crippen LogP contribution in [-0.4, -0.2) is 25.5 Å². The van der Waals surface area contributed by atoms with Gasteiger partial charge in [0.1, 0.15) is 5.84 Å². The van der Waals surface area contributed by atoms with Gasteiger partial charge in [0.25, 0.3) is 0 Å². The molecule has 1 aromatic rings. The predicted octanol–water partition coefficient (Wildman–Crippen LogP) is 1.40. The lowest BCUT2D eigenvalue weighted by Crippen LogP contribution is -2.23. The molecule has 2 rings (SSSR count). The van der Waals surface area contributed by atoms with E-state index in [1.54, 1.807) is 6.07 Å². The zero-order valence-electron chi connectivity index (χ0n) is 8.19. The van der Waals surface area contributed by atoms with Gasteiger partial charge < -0.3 is 10.1 Å². The number of rotatable bonds is 2. The third-order valence-corrected chi connectivity index (χ3v) is 2.90. The highest BCUT2D eigenvalue weighted by atomic mass is 32.1. The molecule has 0 amide bonds. The molecule has 2 heterocycles. The summed E-state index contributed by atoms with van der Waals surface area (Å²) in [6.45, 7) is 0.640. The van der Waals surface area contributed by atoms with Crippen molar-refractivity contribution >= 4 is 23.1 Å². The van der Waals surface area contributed by atoms with Crippen LogP contribution in [0, 0.1) is 0 Å². The van der Waals surface area contributed by atoms with Gasteiger partial charge in [0, 0.05) is 6.20 Å². The number of esters is 1. The van der Waals surface area contributed by atoms with Crippen molar-refractivity contribution in [1.29, 1.82) is 0 Å². The van der Waals surface area contributed by atoms with Gasteiger partial charge in [-0.2, -0.15) is 0 Å². The topological polar surface area (TPSA) is 50.7 Å². The van der Waals surface area contributed by atoms with Gasteiger partial charge in [-0.25, -0.2) is 4.79 Å². The zero-order valence-corrected chi connectivity index (χ0v) is 9.00. The Labute approximate surface area is 91.3 Å². The molecule has 1 aliphatic rings. The number of amidine groups is 1. The maximum atomic E-state index is 11.4. The first-order valence-corrected chi connectivity index (χ1v) is 5.33. The first kappa shape index (κ1) is 9.92. The van der Waals surface area contributed by atoms with Crippen LogP contribution in [0.3, 0.4) is 0 Å². The summed E-state index contributed by atoms with van der Waals surface area (Å²) < 4.78 is 4.69. The van der Waals surface area contributed by atoms with Crippen molar-refractivity contribution < 1.29 is 9.53 Å². The molecule has 78 valence electrons. The van der Waals surface area contributed by atoms with Crippen LogP contribution >= 0.6 is 11.3 Å².